The molecule has 216 valence electrons. The van der Waals surface area contributed by atoms with Gasteiger partial charge in [0.05, 0.1) is 13.2 Å². The van der Waals surface area contributed by atoms with E-state index in [9.17, 15) is 0 Å². The average molecular weight is 541 g/mol. The van der Waals surface area contributed by atoms with Crippen LogP contribution in [0.1, 0.15) is 103 Å². The number of allylic oxidation sites excluding steroid dienone is 1. The second-order valence-electron chi connectivity index (χ2n) is 11.0. The SMILES string of the molecule is C=CCCCCCCOc1ccc(-c2ccc(-c3ccc(OCCCCCCCCCCCC)cc3)cc2)cc1. The maximum atomic E-state index is 5.99. The zero-order chi connectivity index (χ0) is 28.1. The number of hydrogen-bond donors (Lipinski definition) is 0. The molecule has 0 aliphatic carbocycles. The molecule has 0 aromatic heterocycles. The largest absolute Gasteiger partial charge is 0.494 e. The minimum absolute atomic E-state index is 0.783. The molecule has 0 spiro atoms. The molecule has 2 nitrogen and oxygen atoms in total. The molecule has 0 N–H and O–H groups in total. The van der Waals surface area contributed by atoms with E-state index in [0.29, 0.717) is 0 Å². The lowest BCUT2D eigenvalue weighted by atomic mass is 10.0. The van der Waals surface area contributed by atoms with Gasteiger partial charge in [-0.2, -0.15) is 0 Å². The standard InChI is InChI=1S/C38H52O2/c1-3-5-7-9-11-12-13-14-16-18-32-40-38-29-25-36(26-30-38)34-21-19-33(20-22-34)35-23-27-37(28-24-35)39-31-17-15-10-8-6-4-2/h4,19-30H,2-3,5-18,31-32H2,1H3. The average Bonchev–Trinajstić information content (AvgIpc) is 3.00. The fourth-order valence-electron chi connectivity index (χ4n) is 5.06. The van der Waals surface area contributed by atoms with Gasteiger partial charge in [-0.1, -0.05) is 132 Å². The van der Waals surface area contributed by atoms with Crippen LogP contribution in [0.4, 0.5) is 0 Å². The Bertz CT molecular complexity index is 1030. The molecule has 0 heterocycles. The van der Waals surface area contributed by atoms with Crippen LogP contribution in [-0.4, -0.2) is 13.2 Å². The Morgan fingerprint density at radius 1 is 0.450 bits per heavy atom. The maximum Gasteiger partial charge on any atom is 0.119 e. The van der Waals surface area contributed by atoms with Crippen LogP contribution in [0.25, 0.3) is 22.3 Å². The molecule has 0 aliphatic rings. The van der Waals surface area contributed by atoms with Crippen molar-refractivity contribution in [2.75, 3.05) is 13.2 Å². The second kappa shape index (κ2) is 20.0. The molecular weight excluding hydrogens is 488 g/mol. The maximum absolute atomic E-state index is 5.99. The van der Waals surface area contributed by atoms with E-state index in [1.54, 1.807) is 0 Å². The highest BCUT2D eigenvalue weighted by molar-refractivity contribution is 5.71. The molecule has 0 amide bonds. The van der Waals surface area contributed by atoms with Crippen LogP contribution in [0.15, 0.2) is 85.5 Å². The lowest BCUT2D eigenvalue weighted by Crippen LogP contribution is -1.97. The topological polar surface area (TPSA) is 18.5 Å². The van der Waals surface area contributed by atoms with Gasteiger partial charge in [-0.25, -0.2) is 0 Å². The van der Waals surface area contributed by atoms with E-state index >= 15 is 0 Å². The second-order valence-corrected chi connectivity index (χ2v) is 11.0. The fraction of sp³-hybridized carbons (Fsp3) is 0.474. The summed E-state index contributed by atoms with van der Waals surface area (Å²) in [6, 6.07) is 25.8. The van der Waals surface area contributed by atoms with E-state index in [1.165, 1.54) is 99.3 Å². The predicted octanol–water partition coefficient (Wildman–Crippen LogP) is 11.8. The number of rotatable bonds is 22. The molecule has 0 bridgehead atoms. The van der Waals surface area contributed by atoms with Crippen LogP contribution in [0.5, 0.6) is 11.5 Å². The van der Waals surface area contributed by atoms with Crippen LogP contribution in [0.3, 0.4) is 0 Å². The minimum atomic E-state index is 0.783. The van der Waals surface area contributed by atoms with Gasteiger partial charge in [-0.05, 0) is 72.2 Å². The van der Waals surface area contributed by atoms with Crippen molar-refractivity contribution in [2.45, 2.75) is 103 Å². The van der Waals surface area contributed by atoms with E-state index in [1.807, 2.05) is 6.08 Å². The molecule has 2 heteroatoms. The van der Waals surface area contributed by atoms with Crippen LogP contribution in [0, 0.1) is 0 Å². The zero-order valence-electron chi connectivity index (χ0n) is 25.0. The molecule has 0 aliphatic heterocycles. The van der Waals surface area contributed by atoms with E-state index in [4.69, 9.17) is 9.47 Å². The summed E-state index contributed by atoms with van der Waals surface area (Å²) in [5, 5.41) is 0. The van der Waals surface area contributed by atoms with Gasteiger partial charge < -0.3 is 9.47 Å². The quantitative estimate of drug-likeness (QED) is 0.0932. The molecule has 0 fully saturated rings. The lowest BCUT2D eigenvalue weighted by Gasteiger charge is -2.09. The summed E-state index contributed by atoms with van der Waals surface area (Å²) in [5.41, 5.74) is 4.86. The van der Waals surface area contributed by atoms with Crippen molar-refractivity contribution in [2.24, 2.45) is 0 Å². The Balaban J connectivity index is 1.33. The van der Waals surface area contributed by atoms with Crippen molar-refractivity contribution in [3.05, 3.63) is 85.5 Å². The third-order valence-electron chi connectivity index (χ3n) is 7.60. The Kier molecular flexibility index (Phi) is 15.7. The molecule has 3 rings (SSSR count). The summed E-state index contributed by atoms with van der Waals surface area (Å²) in [6.45, 7) is 7.65. The van der Waals surface area contributed by atoms with Crippen LogP contribution in [-0.2, 0) is 0 Å². The molecule has 3 aromatic carbocycles. The first-order chi connectivity index (χ1) is 19.8. The lowest BCUT2D eigenvalue weighted by molar-refractivity contribution is 0.304. The Morgan fingerprint density at radius 3 is 1.15 bits per heavy atom. The van der Waals surface area contributed by atoms with Gasteiger partial charge in [0.1, 0.15) is 11.5 Å². The third-order valence-corrected chi connectivity index (χ3v) is 7.60. The highest BCUT2D eigenvalue weighted by Crippen LogP contribution is 2.27. The summed E-state index contributed by atoms with van der Waals surface area (Å²) >= 11 is 0. The summed E-state index contributed by atoms with van der Waals surface area (Å²) in [4.78, 5) is 0. The van der Waals surface area contributed by atoms with Crippen molar-refractivity contribution in [3.63, 3.8) is 0 Å². The van der Waals surface area contributed by atoms with E-state index in [0.717, 1.165) is 44.0 Å². The first-order valence-electron chi connectivity index (χ1n) is 16.0. The molecule has 3 aromatic rings. The first kappa shape index (κ1) is 31.5. The number of unbranched alkanes of at least 4 members (excludes halogenated alkanes) is 13. The highest BCUT2D eigenvalue weighted by atomic mass is 16.5. The third kappa shape index (κ3) is 12.5. The molecule has 0 saturated heterocycles. The monoisotopic (exact) mass is 540 g/mol. The van der Waals surface area contributed by atoms with Gasteiger partial charge >= 0.3 is 0 Å². The zero-order valence-corrected chi connectivity index (χ0v) is 25.0. The van der Waals surface area contributed by atoms with Crippen LogP contribution in [0.2, 0.25) is 0 Å². The van der Waals surface area contributed by atoms with Gasteiger partial charge in [0.2, 0.25) is 0 Å². The van der Waals surface area contributed by atoms with Gasteiger partial charge in [0, 0.05) is 0 Å². The van der Waals surface area contributed by atoms with Gasteiger partial charge in [0.25, 0.3) is 0 Å². The van der Waals surface area contributed by atoms with E-state index in [-0.39, 0.29) is 0 Å². The van der Waals surface area contributed by atoms with Crippen molar-refractivity contribution in [1.82, 2.24) is 0 Å². The summed E-state index contributed by atoms with van der Waals surface area (Å²) in [7, 11) is 0. The molecule has 0 atom stereocenters. The summed E-state index contributed by atoms with van der Waals surface area (Å²) < 4.78 is 11.9. The minimum Gasteiger partial charge on any atom is -0.494 e. The number of hydrogen-bond acceptors (Lipinski definition) is 2. The van der Waals surface area contributed by atoms with Crippen molar-refractivity contribution in [3.8, 4) is 33.8 Å². The van der Waals surface area contributed by atoms with Crippen molar-refractivity contribution in [1.29, 1.82) is 0 Å². The number of benzene rings is 3. The molecule has 0 saturated carbocycles. The van der Waals surface area contributed by atoms with Crippen LogP contribution >= 0.6 is 0 Å². The fourth-order valence-corrected chi connectivity index (χ4v) is 5.06. The normalized spacial score (nSPS) is 10.9. The number of ether oxygens (including phenoxy) is 2. The smallest absolute Gasteiger partial charge is 0.119 e. The summed E-state index contributed by atoms with van der Waals surface area (Å²) in [6.07, 6.45) is 21.4. The van der Waals surface area contributed by atoms with Crippen molar-refractivity contribution < 1.29 is 9.47 Å². The van der Waals surface area contributed by atoms with E-state index in [2.05, 4.69) is 86.3 Å². The highest BCUT2D eigenvalue weighted by Gasteiger charge is 2.03. The van der Waals surface area contributed by atoms with Gasteiger partial charge in [0.15, 0.2) is 0 Å². The molecule has 0 radical (unpaired) electrons. The van der Waals surface area contributed by atoms with Gasteiger partial charge in [-0.3, -0.25) is 0 Å². The molecular formula is C38H52O2. The summed E-state index contributed by atoms with van der Waals surface area (Å²) in [5.74, 6) is 1.91. The molecule has 0 unspecified atom stereocenters. The Labute approximate surface area is 244 Å². The predicted molar refractivity (Wildman–Crippen MR) is 173 cm³/mol. The first-order valence-corrected chi connectivity index (χ1v) is 16.0. The van der Waals surface area contributed by atoms with Crippen molar-refractivity contribution >= 4 is 0 Å². The Hall–Kier alpha value is -3.00. The van der Waals surface area contributed by atoms with Gasteiger partial charge in [-0.15, -0.1) is 6.58 Å². The Morgan fingerprint density at radius 2 is 0.775 bits per heavy atom. The van der Waals surface area contributed by atoms with Crippen LogP contribution < -0.4 is 9.47 Å². The molecule has 40 heavy (non-hydrogen) atoms. The van der Waals surface area contributed by atoms with E-state index < -0.39 is 0 Å².